The number of thiol groups is 1. The van der Waals surface area contributed by atoms with E-state index in [1.165, 1.54) is 12.1 Å². The normalized spacial score (nSPS) is 11.4. The summed E-state index contributed by atoms with van der Waals surface area (Å²) in [4.78, 5) is -0.195. The molecule has 0 amide bonds. The molecule has 21 heavy (non-hydrogen) atoms. The summed E-state index contributed by atoms with van der Waals surface area (Å²) < 4.78 is 28.4. The zero-order chi connectivity index (χ0) is 15.6. The largest absolute Gasteiger partial charge is 0.467 e. The van der Waals surface area contributed by atoms with Crippen molar-refractivity contribution in [2.45, 2.75) is 11.4 Å². The van der Waals surface area contributed by atoms with Crippen molar-refractivity contribution in [3.63, 3.8) is 0 Å². The van der Waals surface area contributed by atoms with Crippen molar-refractivity contribution in [3.8, 4) is 0 Å². The number of primary sulfonamides is 1. The molecule has 0 aliphatic rings. The Kier molecular flexibility index (Phi) is 4.95. The van der Waals surface area contributed by atoms with Crippen LogP contribution in [0.5, 0.6) is 0 Å². The highest BCUT2D eigenvalue weighted by Crippen LogP contribution is 2.29. The Balaban J connectivity index is 2.41. The predicted molar refractivity (Wildman–Crippen MR) is 89.5 cm³/mol. The van der Waals surface area contributed by atoms with Crippen LogP contribution in [0.1, 0.15) is 11.3 Å². The lowest BCUT2D eigenvalue weighted by molar-refractivity contribution is 0.518. The van der Waals surface area contributed by atoms with Crippen molar-refractivity contribution >= 4 is 56.4 Å². The number of nitrogens with one attached hydrogen (secondary N) is 1. The van der Waals surface area contributed by atoms with E-state index in [0.717, 1.165) is 0 Å². The van der Waals surface area contributed by atoms with Gasteiger partial charge in [-0.15, -0.1) is 12.6 Å². The van der Waals surface area contributed by atoms with Crippen molar-refractivity contribution in [2.24, 2.45) is 5.14 Å². The minimum atomic E-state index is -3.94. The number of halogens is 1. The molecule has 1 heterocycles. The molecule has 2 rings (SSSR count). The van der Waals surface area contributed by atoms with Gasteiger partial charge in [0.15, 0.2) is 0 Å². The number of hydrogen-bond donors (Lipinski definition) is 3. The third-order valence-corrected chi connectivity index (χ3v) is 4.48. The van der Waals surface area contributed by atoms with Crippen LogP contribution in [-0.2, 0) is 16.6 Å². The number of furan rings is 1. The van der Waals surface area contributed by atoms with Gasteiger partial charge < -0.3 is 9.73 Å². The first kappa shape index (κ1) is 16.3. The second-order valence-corrected chi connectivity index (χ2v) is 7.21. The molecule has 3 N–H and O–H groups in total. The summed E-state index contributed by atoms with van der Waals surface area (Å²) in [5, 5.41) is 8.19. The molecule has 0 radical (unpaired) electrons. The molecule has 0 aliphatic carbocycles. The first-order valence-electron chi connectivity index (χ1n) is 5.65. The maximum Gasteiger partial charge on any atom is 0.239 e. The van der Waals surface area contributed by atoms with Crippen LogP contribution in [0, 0.1) is 0 Å². The Morgan fingerprint density at radius 2 is 2.19 bits per heavy atom. The Labute approximate surface area is 137 Å². The van der Waals surface area contributed by atoms with Crippen LogP contribution in [-0.4, -0.2) is 12.6 Å². The molecule has 0 saturated heterocycles. The molecule has 5 nitrogen and oxygen atoms in total. The van der Waals surface area contributed by atoms with Gasteiger partial charge in [0.2, 0.25) is 10.0 Å². The van der Waals surface area contributed by atoms with Gasteiger partial charge in [0.25, 0.3) is 0 Å². The van der Waals surface area contributed by atoms with Crippen LogP contribution in [0.2, 0.25) is 5.02 Å². The lowest BCUT2D eigenvalue weighted by atomic mass is 10.2. The standard InChI is InChI=1S/C12H11ClN2O3S3/c13-9-5-10(15-6-7-2-1-3-18-7)8(12(19)20)4-11(9)21(14,16)17/h1-5,15H,6H2,(H,19,20)(H2,14,16,17). The minimum absolute atomic E-state index is 0.00720. The first-order valence-corrected chi connectivity index (χ1v) is 8.43. The van der Waals surface area contributed by atoms with Crippen molar-refractivity contribution in [1.29, 1.82) is 0 Å². The van der Waals surface area contributed by atoms with Gasteiger partial charge in [-0.25, -0.2) is 13.6 Å². The van der Waals surface area contributed by atoms with E-state index in [2.05, 4.69) is 17.9 Å². The van der Waals surface area contributed by atoms with E-state index in [4.69, 9.17) is 33.4 Å². The molecular weight excluding hydrogens is 352 g/mol. The van der Waals surface area contributed by atoms with E-state index in [1.807, 2.05) is 0 Å². The van der Waals surface area contributed by atoms with Gasteiger partial charge >= 0.3 is 0 Å². The molecule has 0 unspecified atom stereocenters. The summed E-state index contributed by atoms with van der Waals surface area (Å²) in [7, 11) is -3.94. The van der Waals surface area contributed by atoms with Gasteiger partial charge in [0.05, 0.1) is 22.0 Å². The number of benzene rings is 1. The third-order valence-electron chi connectivity index (χ3n) is 2.64. The Bertz CT molecular complexity index is 773. The first-order chi connectivity index (χ1) is 9.79. The van der Waals surface area contributed by atoms with Crippen LogP contribution in [0.15, 0.2) is 39.8 Å². The van der Waals surface area contributed by atoms with Gasteiger partial charge in [0, 0.05) is 11.3 Å². The van der Waals surface area contributed by atoms with Gasteiger partial charge in [-0.2, -0.15) is 0 Å². The molecular formula is C12H11ClN2O3S3. The number of sulfonamides is 1. The van der Waals surface area contributed by atoms with Crippen LogP contribution >= 0.6 is 36.4 Å². The quantitative estimate of drug-likeness (QED) is 0.562. The minimum Gasteiger partial charge on any atom is -0.467 e. The van der Waals surface area contributed by atoms with Crippen LogP contribution < -0.4 is 10.5 Å². The summed E-state index contributed by atoms with van der Waals surface area (Å²) in [5.41, 5.74) is 0.970. The fraction of sp³-hybridized carbons (Fsp3) is 0.0833. The van der Waals surface area contributed by atoms with Gasteiger partial charge in [-0.3, -0.25) is 0 Å². The second kappa shape index (κ2) is 6.37. The van der Waals surface area contributed by atoms with E-state index in [9.17, 15) is 8.42 Å². The zero-order valence-electron chi connectivity index (χ0n) is 10.5. The number of thiocarbonyl (C=S) groups is 1. The Morgan fingerprint density at radius 3 is 2.71 bits per heavy atom. The molecule has 0 fully saturated rings. The zero-order valence-corrected chi connectivity index (χ0v) is 13.8. The molecule has 0 aliphatic heterocycles. The average Bonchev–Trinajstić information content (AvgIpc) is 2.87. The second-order valence-electron chi connectivity index (χ2n) is 4.11. The molecule has 9 heteroatoms. The molecule has 0 saturated carbocycles. The lowest BCUT2D eigenvalue weighted by Crippen LogP contribution is -2.14. The molecule has 112 valence electrons. The smallest absolute Gasteiger partial charge is 0.239 e. The summed E-state index contributed by atoms with van der Waals surface area (Å²) in [5.74, 6) is 0.706. The monoisotopic (exact) mass is 362 g/mol. The summed E-state index contributed by atoms with van der Waals surface area (Å²) in [6.07, 6.45) is 1.55. The highest BCUT2D eigenvalue weighted by atomic mass is 35.5. The highest BCUT2D eigenvalue weighted by molar-refractivity contribution is 8.11. The van der Waals surface area contributed by atoms with E-state index >= 15 is 0 Å². The highest BCUT2D eigenvalue weighted by Gasteiger charge is 2.18. The number of rotatable bonds is 5. The fourth-order valence-electron chi connectivity index (χ4n) is 1.69. The third kappa shape index (κ3) is 3.98. The summed E-state index contributed by atoms with van der Waals surface area (Å²) in [6.45, 7) is 0.390. The maximum absolute atomic E-state index is 11.5. The van der Waals surface area contributed by atoms with Gasteiger partial charge in [0.1, 0.15) is 10.7 Å². The molecule has 0 spiro atoms. The van der Waals surface area contributed by atoms with Crippen molar-refractivity contribution in [3.05, 3.63) is 46.9 Å². The van der Waals surface area contributed by atoms with E-state index in [1.54, 1.807) is 18.4 Å². The van der Waals surface area contributed by atoms with Crippen molar-refractivity contribution in [2.75, 3.05) is 5.32 Å². The predicted octanol–water partition coefficient (Wildman–Crippen LogP) is 2.80. The lowest BCUT2D eigenvalue weighted by Gasteiger charge is -2.13. The molecule has 0 atom stereocenters. The maximum atomic E-state index is 11.5. The van der Waals surface area contributed by atoms with Crippen LogP contribution in [0.4, 0.5) is 5.69 Å². The van der Waals surface area contributed by atoms with Crippen LogP contribution in [0.25, 0.3) is 0 Å². The van der Waals surface area contributed by atoms with E-state index in [-0.39, 0.29) is 14.1 Å². The van der Waals surface area contributed by atoms with Crippen LogP contribution in [0.3, 0.4) is 0 Å². The number of hydrogen-bond acceptors (Lipinski definition) is 5. The molecule has 1 aromatic heterocycles. The van der Waals surface area contributed by atoms with E-state index in [0.29, 0.717) is 23.6 Å². The van der Waals surface area contributed by atoms with E-state index < -0.39 is 10.0 Å². The number of anilines is 1. The van der Waals surface area contributed by atoms with Gasteiger partial charge in [-0.05, 0) is 24.3 Å². The fourth-order valence-corrected chi connectivity index (χ4v) is 3.14. The Hall–Kier alpha value is -1.06. The van der Waals surface area contributed by atoms with Gasteiger partial charge in [-0.1, -0.05) is 23.8 Å². The summed E-state index contributed by atoms with van der Waals surface area (Å²) >= 11 is 15.1. The molecule has 0 bridgehead atoms. The summed E-state index contributed by atoms with van der Waals surface area (Å²) in [6, 6.07) is 6.31. The molecule has 1 aromatic carbocycles. The number of nitrogens with two attached hydrogens (primary N) is 1. The Morgan fingerprint density at radius 1 is 1.48 bits per heavy atom. The average molecular weight is 363 g/mol. The molecule has 2 aromatic rings. The van der Waals surface area contributed by atoms with Crippen molar-refractivity contribution < 1.29 is 12.8 Å². The van der Waals surface area contributed by atoms with Crippen molar-refractivity contribution in [1.82, 2.24) is 0 Å². The topological polar surface area (TPSA) is 85.3 Å². The SMILES string of the molecule is NS(=O)(=O)c1cc(C(=S)S)c(NCc2ccco2)cc1Cl.